The number of nitrogens with zero attached hydrogens (tertiary/aromatic N) is 2. The molecule has 1 fully saturated rings. The Morgan fingerprint density at radius 1 is 1.00 bits per heavy atom. The van der Waals surface area contributed by atoms with Gasteiger partial charge in [-0.1, -0.05) is 18.2 Å². The maximum Gasteiger partial charge on any atom is 0.416 e. The van der Waals surface area contributed by atoms with Crippen molar-refractivity contribution in [3.63, 3.8) is 0 Å². The van der Waals surface area contributed by atoms with Crippen LogP contribution in [0.15, 0.2) is 24.3 Å². The van der Waals surface area contributed by atoms with Crippen LogP contribution in [0.5, 0.6) is 0 Å². The van der Waals surface area contributed by atoms with Crippen LogP contribution in [0.3, 0.4) is 0 Å². The van der Waals surface area contributed by atoms with Gasteiger partial charge in [0, 0.05) is 26.2 Å². The molecule has 25 heavy (non-hydrogen) atoms. The SMILES string of the molecule is CC(C)(C(=O)N1CCCN(C(N)=O)CC1)c1cccc(C(F)(F)F)c1. The monoisotopic (exact) mass is 357 g/mol. The molecule has 0 aromatic heterocycles. The third-order valence-electron chi connectivity index (χ3n) is 4.54. The molecule has 2 N–H and O–H groups in total. The van der Waals surface area contributed by atoms with Crippen LogP contribution in [0, 0.1) is 0 Å². The van der Waals surface area contributed by atoms with Crippen molar-refractivity contribution in [3.8, 4) is 0 Å². The van der Waals surface area contributed by atoms with Crippen LogP contribution < -0.4 is 5.73 Å². The molecule has 5 nitrogen and oxygen atoms in total. The fourth-order valence-corrected chi connectivity index (χ4v) is 2.94. The highest BCUT2D eigenvalue weighted by molar-refractivity contribution is 5.87. The Hall–Kier alpha value is -2.25. The number of primary amides is 1. The zero-order chi connectivity index (χ0) is 18.8. The number of alkyl halides is 3. The number of carbonyl (C=O) groups is 2. The predicted octanol–water partition coefficient (Wildman–Crippen LogP) is 2.60. The molecule has 138 valence electrons. The normalized spacial score (nSPS) is 16.5. The van der Waals surface area contributed by atoms with Crippen LogP contribution in [0.25, 0.3) is 0 Å². The molecule has 1 aliphatic heterocycles. The van der Waals surface area contributed by atoms with Crippen molar-refractivity contribution in [2.45, 2.75) is 31.9 Å². The maximum atomic E-state index is 12.9. The van der Waals surface area contributed by atoms with Gasteiger partial charge in [0.25, 0.3) is 0 Å². The van der Waals surface area contributed by atoms with Gasteiger partial charge in [0.15, 0.2) is 0 Å². The van der Waals surface area contributed by atoms with Gasteiger partial charge >= 0.3 is 12.2 Å². The molecular weight excluding hydrogens is 335 g/mol. The highest BCUT2D eigenvalue weighted by atomic mass is 19.4. The number of urea groups is 1. The molecule has 1 aliphatic rings. The standard InChI is InChI=1S/C17H22F3N3O2/c1-16(2,12-5-3-6-13(11-12)17(18,19)20)14(24)22-7-4-8-23(10-9-22)15(21)25/h3,5-6,11H,4,7-10H2,1-2H3,(H2,21,25). The predicted molar refractivity (Wildman–Crippen MR) is 86.8 cm³/mol. The fourth-order valence-electron chi connectivity index (χ4n) is 2.94. The number of hydrogen-bond donors (Lipinski definition) is 1. The van der Waals surface area contributed by atoms with Crippen molar-refractivity contribution in [3.05, 3.63) is 35.4 Å². The van der Waals surface area contributed by atoms with Crippen LogP contribution in [0.1, 0.15) is 31.4 Å². The van der Waals surface area contributed by atoms with Crippen molar-refractivity contribution < 1.29 is 22.8 Å². The molecule has 0 atom stereocenters. The molecule has 1 aromatic rings. The molecular formula is C17H22F3N3O2. The Kier molecular flexibility index (Phi) is 5.29. The highest BCUT2D eigenvalue weighted by Crippen LogP contribution is 2.33. The summed E-state index contributed by atoms with van der Waals surface area (Å²) >= 11 is 0. The zero-order valence-electron chi connectivity index (χ0n) is 14.3. The molecule has 1 heterocycles. The number of nitrogens with two attached hydrogens (primary N) is 1. The summed E-state index contributed by atoms with van der Waals surface area (Å²) in [6.45, 7) is 4.75. The van der Waals surface area contributed by atoms with Gasteiger partial charge in [-0.2, -0.15) is 13.2 Å². The van der Waals surface area contributed by atoms with Gasteiger partial charge < -0.3 is 15.5 Å². The second-order valence-electron chi connectivity index (χ2n) is 6.67. The summed E-state index contributed by atoms with van der Waals surface area (Å²) in [6.07, 6.45) is -3.88. The molecule has 0 unspecified atom stereocenters. The van der Waals surface area contributed by atoms with Crippen molar-refractivity contribution >= 4 is 11.9 Å². The van der Waals surface area contributed by atoms with E-state index < -0.39 is 23.2 Å². The van der Waals surface area contributed by atoms with E-state index in [-0.39, 0.29) is 5.91 Å². The number of carbonyl (C=O) groups excluding carboxylic acids is 2. The highest BCUT2D eigenvalue weighted by Gasteiger charge is 2.37. The molecule has 0 saturated carbocycles. The van der Waals surface area contributed by atoms with Crippen LogP contribution in [0.4, 0.5) is 18.0 Å². The Labute approximate surface area is 144 Å². The van der Waals surface area contributed by atoms with Crippen LogP contribution in [-0.4, -0.2) is 47.9 Å². The minimum atomic E-state index is -4.46. The zero-order valence-corrected chi connectivity index (χ0v) is 14.3. The first kappa shape index (κ1) is 19.1. The number of halogens is 3. The van der Waals surface area contributed by atoms with E-state index in [0.29, 0.717) is 38.2 Å². The van der Waals surface area contributed by atoms with Crippen LogP contribution in [0.2, 0.25) is 0 Å². The van der Waals surface area contributed by atoms with E-state index in [9.17, 15) is 22.8 Å². The van der Waals surface area contributed by atoms with E-state index in [0.717, 1.165) is 12.1 Å². The van der Waals surface area contributed by atoms with Gasteiger partial charge in [-0.25, -0.2) is 4.79 Å². The molecule has 0 aliphatic carbocycles. The van der Waals surface area contributed by atoms with Crippen LogP contribution in [-0.2, 0) is 16.4 Å². The quantitative estimate of drug-likeness (QED) is 0.884. The molecule has 0 bridgehead atoms. The molecule has 2 rings (SSSR count). The van der Waals surface area contributed by atoms with E-state index >= 15 is 0 Å². The minimum Gasteiger partial charge on any atom is -0.351 e. The molecule has 0 spiro atoms. The summed E-state index contributed by atoms with van der Waals surface area (Å²) in [6, 6.07) is 4.31. The topological polar surface area (TPSA) is 66.6 Å². The van der Waals surface area contributed by atoms with E-state index in [2.05, 4.69) is 0 Å². The summed E-state index contributed by atoms with van der Waals surface area (Å²) in [5.74, 6) is -0.266. The lowest BCUT2D eigenvalue weighted by molar-refractivity contribution is -0.139. The lowest BCUT2D eigenvalue weighted by atomic mass is 9.82. The maximum absolute atomic E-state index is 12.9. The van der Waals surface area contributed by atoms with Gasteiger partial charge in [-0.05, 0) is 31.9 Å². The fraction of sp³-hybridized carbons (Fsp3) is 0.529. The average molecular weight is 357 g/mol. The Morgan fingerprint density at radius 2 is 1.56 bits per heavy atom. The van der Waals surface area contributed by atoms with Crippen molar-refractivity contribution in [2.24, 2.45) is 5.73 Å². The van der Waals surface area contributed by atoms with E-state index in [1.807, 2.05) is 0 Å². The average Bonchev–Trinajstić information content (AvgIpc) is 2.79. The third kappa shape index (κ3) is 4.24. The second-order valence-corrected chi connectivity index (χ2v) is 6.67. The first-order chi connectivity index (χ1) is 11.5. The molecule has 1 saturated heterocycles. The first-order valence-electron chi connectivity index (χ1n) is 8.05. The Morgan fingerprint density at radius 3 is 2.16 bits per heavy atom. The Balaban J connectivity index is 2.21. The number of rotatable bonds is 2. The number of benzene rings is 1. The molecule has 8 heteroatoms. The van der Waals surface area contributed by atoms with E-state index in [1.54, 1.807) is 18.7 Å². The Bertz CT molecular complexity index is 659. The van der Waals surface area contributed by atoms with Gasteiger partial charge in [-0.15, -0.1) is 0 Å². The van der Waals surface area contributed by atoms with E-state index in [4.69, 9.17) is 5.73 Å². The van der Waals surface area contributed by atoms with Crippen molar-refractivity contribution in [2.75, 3.05) is 26.2 Å². The summed E-state index contributed by atoms with van der Waals surface area (Å²) in [4.78, 5) is 27.2. The van der Waals surface area contributed by atoms with Crippen molar-refractivity contribution in [1.82, 2.24) is 9.80 Å². The van der Waals surface area contributed by atoms with Gasteiger partial charge in [0.05, 0.1) is 11.0 Å². The smallest absolute Gasteiger partial charge is 0.351 e. The molecule has 1 aromatic carbocycles. The number of hydrogen-bond acceptors (Lipinski definition) is 2. The lowest BCUT2D eigenvalue weighted by Crippen LogP contribution is -2.45. The summed E-state index contributed by atoms with van der Waals surface area (Å²) in [5, 5.41) is 0. The summed E-state index contributed by atoms with van der Waals surface area (Å²) in [5.41, 5.74) is 3.69. The third-order valence-corrected chi connectivity index (χ3v) is 4.54. The summed E-state index contributed by atoms with van der Waals surface area (Å²) < 4.78 is 38.8. The van der Waals surface area contributed by atoms with Gasteiger partial charge in [0.1, 0.15) is 0 Å². The largest absolute Gasteiger partial charge is 0.416 e. The first-order valence-corrected chi connectivity index (χ1v) is 8.05. The lowest BCUT2D eigenvalue weighted by Gasteiger charge is -2.32. The summed E-state index contributed by atoms with van der Waals surface area (Å²) in [7, 11) is 0. The minimum absolute atomic E-state index is 0.266. The van der Waals surface area contributed by atoms with E-state index in [1.165, 1.54) is 17.0 Å². The second kappa shape index (κ2) is 6.93. The van der Waals surface area contributed by atoms with Crippen molar-refractivity contribution in [1.29, 1.82) is 0 Å². The van der Waals surface area contributed by atoms with Crippen LogP contribution >= 0.6 is 0 Å². The molecule has 0 radical (unpaired) electrons. The van der Waals surface area contributed by atoms with Gasteiger partial charge in [0.2, 0.25) is 5.91 Å². The number of amides is 3. The molecule has 3 amide bonds. The van der Waals surface area contributed by atoms with Gasteiger partial charge in [-0.3, -0.25) is 4.79 Å².